The lowest BCUT2D eigenvalue weighted by molar-refractivity contribution is 0.335. The third kappa shape index (κ3) is 4.10. The van der Waals surface area contributed by atoms with Crippen LogP contribution in [0.1, 0.15) is 19.8 Å². The van der Waals surface area contributed by atoms with E-state index in [-0.39, 0.29) is 18.4 Å². The van der Waals surface area contributed by atoms with Gasteiger partial charge in [-0.2, -0.15) is 4.31 Å². The van der Waals surface area contributed by atoms with Gasteiger partial charge in [-0.25, -0.2) is 8.42 Å². The van der Waals surface area contributed by atoms with Gasteiger partial charge in [-0.1, -0.05) is 6.92 Å². The number of rotatable bonds is 6. The minimum absolute atomic E-state index is 0. The van der Waals surface area contributed by atoms with Crippen molar-refractivity contribution in [2.45, 2.75) is 30.7 Å². The van der Waals surface area contributed by atoms with E-state index < -0.39 is 10.0 Å². The molecule has 1 aliphatic heterocycles. The summed E-state index contributed by atoms with van der Waals surface area (Å²) >= 11 is 0. The highest BCUT2D eigenvalue weighted by atomic mass is 35.5. The molecule has 7 heteroatoms. The van der Waals surface area contributed by atoms with Gasteiger partial charge < -0.3 is 10.1 Å². The normalized spacial score (nSPS) is 18.5. The molecule has 1 aromatic carbocycles. The highest BCUT2D eigenvalue weighted by Gasteiger charge is 2.32. The fourth-order valence-corrected chi connectivity index (χ4v) is 4.23. The predicted octanol–water partition coefficient (Wildman–Crippen LogP) is 1.88. The molecular formula is C14H23ClN2O3S. The lowest BCUT2D eigenvalue weighted by Gasteiger charge is -2.27. The number of halogens is 1. The van der Waals surface area contributed by atoms with Gasteiger partial charge >= 0.3 is 0 Å². The second kappa shape index (κ2) is 7.98. The molecule has 1 saturated heterocycles. The standard InChI is InChI=1S/C14H22N2O3S.ClH/c1-3-10-16(12-8-9-15-11-12)20(17,18)14-6-4-13(19-2)5-7-14;/h4-7,12,15H,3,8-11H2,1-2H3;1H. The molecule has 5 nitrogen and oxygen atoms in total. The number of methoxy groups -OCH3 is 1. The molecule has 1 heterocycles. The van der Waals surface area contributed by atoms with Gasteiger partial charge in [0.05, 0.1) is 12.0 Å². The van der Waals surface area contributed by atoms with E-state index in [0.717, 1.165) is 25.9 Å². The lowest BCUT2D eigenvalue weighted by Crippen LogP contribution is -2.41. The quantitative estimate of drug-likeness (QED) is 0.863. The fraction of sp³-hybridized carbons (Fsp3) is 0.571. The third-order valence-electron chi connectivity index (χ3n) is 3.55. The van der Waals surface area contributed by atoms with Crippen molar-refractivity contribution in [3.05, 3.63) is 24.3 Å². The largest absolute Gasteiger partial charge is 0.497 e. The van der Waals surface area contributed by atoms with Crippen molar-refractivity contribution < 1.29 is 13.2 Å². The SMILES string of the molecule is CCCN(C1CCNC1)S(=O)(=O)c1ccc(OC)cc1.Cl. The zero-order chi connectivity index (χ0) is 14.6. The summed E-state index contributed by atoms with van der Waals surface area (Å²) in [5.74, 6) is 0.661. The van der Waals surface area contributed by atoms with Crippen molar-refractivity contribution in [3.8, 4) is 5.75 Å². The molecule has 1 aliphatic rings. The first-order valence-electron chi connectivity index (χ1n) is 6.96. The summed E-state index contributed by atoms with van der Waals surface area (Å²) in [6, 6.07) is 6.65. The van der Waals surface area contributed by atoms with Gasteiger partial charge in [-0.3, -0.25) is 0 Å². The van der Waals surface area contributed by atoms with Crippen LogP contribution < -0.4 is 10.1 Å². The minimum Gasteiger partial charge on any atom is -0.497 e. The second-order valence-corrected chi connectivity index (χ2v) is 6.83. The van der Waals surface area contributed by atoms with E-state index in [9.17, 15) is 8.42 Å². The van der Waals surface area contributed by atoms with E-state index in [1.165, 1.54) is 0 Å². The van der Waals surface area contributed by atoms with Crippen LogP contribution in [0.4, 0.5) is 0 Å². The number of hydrogen-bond donors (Lipinski definition) is 1. The summed E-state index contributed by atoms with van der Waals surface area (Å²) in [5.41, 5.74) is 0. The van der Waals surface area contributed by atoms with Gasteiger partial charge in [0, 0.05) is 19.1 Å². The molecule has 0 spiro atoms. The van der Waals surface area contributed by atoms with Crippen LogP contribution in [0.25, 0.3) is 0 Å². The maximum Gasteiger partial charge on any atom is 0.243 e. The van der Waals surface area contributed by atoms with E-state index in [4.69, 9.17) is 4.74 Å². The van der Waals surface area contributed by atoms with Crippen molar-refractivity contribution in [1.82, 2.24) is 9.62 Å². The van der Waals surface area contributed by atoms with E-state index in [2.05, 4.69) is 5.32 Å². The molecule has 1 fully saturated rings. The summed E-state index contributed by atoms with van der Waals surface area (Å²) < 4.78 is 32.2. The van der Waals surface area contributed by atoms with Crippen LogP contribution >= 0.6 is 12.4 Å². The first-order valence-corrected chi connectivity index (χ1v) is 8.40. The molecule has 0 amide bonds. The van der Waals surface area contributed by atoms with Crippen molar-refractivity contribution >= 4 is 22.4 Å². The van der Waals surface area contributed by atoms with Crippen molar-refractivity contribution in [2.75, 3.05) is 26.7 Å². The van der Waals surface area contributed by atoms with Gasteiger partial charge in [0.25, 0.3) is 0 Å². The fourth-order valence-electron chi connectivity index (χ4n) is 2.49. The van der Waals surface area contributed by atoms with Gasteiger partial charge in [0.2, 0.25) is 10.0 Å². The van der Waals surface area contributed by atoms with Gasteiger partial charge in [0.15, 0.2) is 0 Å². The van der Waals surface area contributed by atoms with E-state index >= 15 is 0 Å². The molecule has 1 unspecified atom stereocenters. The maximum atomic E-state index is 12.8. The van der Waals surface area contributed by atoms with E-state index in [1.54, 1.807) is 35.7 Å². The molecule has 1 N–H and O–H groups in total. The van der Waals surface area contributed by atoms with Crippen LogP contribution in [0.3, 0.4) is 0 Å². The number of benzene rings is 1. The Morgan fingerprint density at radius 2 is 2.00 bits per heavy atom. The molecule has 21 heavy (non-hydrogen) atoms. The number of ether oxygens (including phenoxy) is 1. The van der Waals surface area contributed by atoms with Gasteiger partial charge in [0.1, 0.15) is 5.75 Å². The second-order valence-electron chi connectivity index (χ2n) is 4.94. The summed E-state index contributed by atoms with van der Waals surface area (Å²) in [4.78, 5) is 0.332. The van der Waals surface area contributed by atoms with Crippen molar-refractivity contribution in [1.29, 1.82) is 0 Å². The van der Waals surface area contributed by atoms with Crippen LogP contribution in [0.2, 0.25) is 0 Å². The van der Waals surface area contributed by atoms with Crippen LogP contribution in [0.15, 0.2) is 29.2 Å². The molecule has 0 radical (unpaired) electrons. The Morgan fingerprint density at radius 1 is 1.33 bits per heavy atom. The average Bonchev–Trinajstić information content (AvgIpc) is 2.98. The first kappa shape index (κ1) is 18.2. The summed E-state index contributed by atoms with van der Waals surface area (Å²) in [6.45, 7) is 4.16. The minimum atomic E-state index is -3.43. The van der Waals surface area contributed by atoms with E-state index in [0.29, 0.717) is 17.2 Å². The van der Waals surface area contributed by atoms with Crippen molar-refractivity contribution in [2.24, 2.45) is 0 Å². The monoisotopic (exact) mass is 334 g/mol. The lowest BCUT2D eigenvalue weighted by atomic mass is 10.2. The molecule has 0 aromatic heterocycles. The van der Waals surface area contributed by atoms with Crippen LogP contribution in [0.5, 0.6) is 5.75 Å². The molecule has 2 rings (SSSR count). The number of sulfonamides is 1. The Balaban J connectivity index is 0.00000220. The summed E-state index contributed by atoms with van der Waals surface area (Å²) in [5, 5.41) is 3.23. The highest BCUT2D eigenvalue weighted by Crippen LogP contribution is 2.23. The molecule has 0 aliphatic carbocycles. The van der Waals surface area contributed by atoms with Crippen LogP contribution in [-0.4, -0.2) is 45.5 Å². The average molecular weight is 335 g/mol. The topological polar surface area (TPSA) is 58.6 Å². The van der Waals surface area contributed by atoms with Gasteiger partial charge in [-0.15, -0.1) is 12.4 Å². The van der Waals surface area contributed by atoms with Crippen LogP contribution in [0, 0.1) is 0 Å². The summed E-state index contributed by atoms with van der Waals surface area (Å²) in [6.07, 6.45) is 1.68. The number of nitrogens with one attached hydrogen (secondary N) is 1. The third-order valence-corrected chi connectivity index (χ3v) is 5.52. The Kier molecular flexibility index (Phi) is 6.93. The predicted molar refractivity (Wildman–Crippen MR) is 85.7 cm³/mol. The molecule has 0 bridgehead atoms. The molecule has 0 saturated carbocycles. The maximum absolute atomic E-state index is 12.8. The zero-order valence-electron chi connectivity index (χ0n) is 12.4. The van der Waals surface area contributed by atoms with Gasteiger partial charge in [-0.05, 0) is 43.7 Å². The number of nitrogens with zero attached hydrogens (tertiary/aromatic N) is 1. The Morgan fingerprint density at radius 3 is 2.48 bits per heavy atom. The Bertz CT molecular complexity index is 528. The highest BCUT2D eigenvalue weighted by molar-refractivity contribution is 7.89. The van der Waals surface area contributed by atoms with Crippen LogP contribution in [-0.2, 0) is 10.0 Å². The number of hydrogen-bond acceptors (Lipinski definition) is 4. The molecular weight excluding hydrogens is 312 g/mol. The molecule has 120 valence electrons. The van der Waals surface area contributed by atoms with Crippen molar-refractivity contribution in [3.63, 3.8) is 0 Å². The Labute approximate surface area is 133 Å². The first-order chi connectivity index (χ1) is 9.59. The molecule has 1 aromatic rings. The van der Waals surface area contributed by atoms with E-state index in [1.807, 2.05) is 6.92 Å². The Hall–Kier alpha value is -0.820. The smallest absolute Gasteiger partial charge is 0.243 e. The zero-order valence-corrected chi connectivity index (χ0v) is 14.0. The summed E-state index contributed by atoms with van der Waals surface area (Å²) in [7, 11) is -1.87. The molecule has 1 atom stereocenters.